The Hall–Kier alpha value is -6.78. The van der Waals surface area contributed by atoms with E-state index in [1.165, 1.54) is 27.1 Å². The molecule has 0 spiro atoms. The van der Waals surface area contributed by atoms with Crippen molar-refractivity contribution in [2.45, 2.75) is 13.8 Å². The zero-order valence-electron chi connectivity index (χ0n) is 29.0. The van der Waals surface area contributed by atoms with Gasteiger partial charge in [0.2, 0.25) is 0 Å². The first-order chi connectivity index (χ1) is 25.6. The number of aryl methyl sites for hydroxylation is 2. The molecular formula is C48H34N4. The predicted octanol–water partition coefficient (Wildman–Crippen LogP) is 12.2. The van der Waals surface area contributed by atoms with Crippen LogP contribution in [0.4, 0.5) is 0 Å². The summed E-state index contributed by atoms with van der Waals surface area (Å²) in [6.45, 7) is 4.05. The Balaban J connectivity index is 1.45. The second-order valence-corrected chi connectivity index (χ2v) is 13.2. The number of hydrogen-bond acceptors (Lipinski definition) is 4. The zero-order valence-corrected chi connectivity index (χ0v) is 29.0. The van der Waals surface area contributed by atoms with Crippen LogP contribution in [0, 0.1) is 13.8 Å². The molecule has 9 rings (SSSR count). The van der Waals surface area contributed by atoms with Crippen molar-refractivity contribution in [3.63, 3.8) is 0 Å². The lowest BCUT2D eigenvalue weighted by molar-refractivity contribution is 1.06. The standard InChI is InChI=1S/C48H34N4/c1-31-26-32(2)50-48(49-31)46-41(33-16-6-3-7-17-33)28-38(45-39-24-14-12-22-36(39)27-37-23-13-15-25-40(37)45)29-42(46)47-51-43(34-18-8-4-9-19-34)30-44(52-47)35-20-10-5-11-21-35/h3-30H,1-2H3. The molecule has 0 unspecified atom stereocenters. The molecule has 2 aromatic heterocycles. The van der Waals surface area contributed by atoms with Crippen LogP contribution in [0.5, 0.6) is 0 Å². The summed E-state index contributed by atoms with van der Waals surface area (Å²) >= 11 is 0. The minimum atomic E-state index is 0.613. The second kappa shape index (κ2) is 13.2. The minimum Gasteiger partial charge on any atom is -0.233 e. The average molecular weight is 667 g/mol. The van der Waals surface area contributed by atoms with E-state index in [9.17, 15) is 0 Å². The van der Waals surface area contributed by atoms with E-state index < -0.39 is 0 Å². The molecule has 0 aliphatic carbocycles. The van der Waals surface area contributed by atoms with Crippen molar-refractivity contribution in [3.05, 3.63) is 181 Å². The first-order valence-electron chi connectivity index (χ1n) is 17.6. The number of hydrogen-bond donors (Lipinski definition) is 0. The number of fused-ring (bicyclic) bond motifs is 2. The van der Waals surface area contributed by atoms with E-state index in [4.69, 9.17) is 19.9 Å². The smallest absolute Gasteiger partial charge is 0.161 e. The fraction of sp³-hybridized carbons (Fsp3) is 0.0417. The first kappa shape index (κ1) is 31.2. The van der Waals surface area contributed by atoms with Crippen LogP contribution in [-0.2, 0) is 0 Å². The molecule has 0 radical (unpaired) electrons. The Morgan fingerprint density at radius 3 is 1.33 bits per heavy atom. The van der Waals surface area contributed by atoms with Gasteiger partial charge in [-0.2, -0.15) is 0 Å². The van der Waals surface area contributed by atoms with Crippen molar-refractivity contribution in [3.8, 4) is 67.5 Å². The summed E-state index contributed by atoms with van der Waals surface area (Å²) in [5.74, 6) is 1.26. The van der Waals surface area contributed by atoms with Crippen molar-refractivity contribution >= 4 is 21.5 Å². The van der Waals surface area contributed by atoms with E-state index in [1.807, 2.05) is 56.3 Å². The van der Waals surface area contributed by atoms with E-state index in [-0.39, 0.29) is 0 Å². The van der Waals surface area contributed by atoms with Crippen LogP contribution >= 0.6 is 0 Å². The molecule has 2 heterocycles. The van der Waals surface area contributed by atoms with Crippen LogP contribution in [-0.4, -0.2) is 19.9 Å². The van der Waals surface area contributed by atoms with E-state index in [0.717, 1.165) is 61.7 Å². The molecule has 0 atom stereocenters. The molecule has 4 nitrogen and oxygen atoms in total. The summed E-state index contributed by atoms with van der Waals surface area (Å²) in [4.78, 5) is 20.9. The van der Waals surface area contributed by atoms with Gasteiger partial charge >= 0.3 is 0 Å². The molecule has 0 amide bonds. The molecule has 0 N–H and O–H groups in total. The van der Waals surface area contributed by atoms with E-state index >= 15 is 0 Å². The van der Waals surface area contributed by atoms with Crippen LogP contribution in [0.1, 0.15) is 11.4 Å². The van der Waals surface area contributed by atoms with Crippen molar-refractivity contribution in [1.82, 2.24) is 19.9 Å². The van der Waals surface area contributed by atoms with Gasteiger partial charge in [0.1, 0.15) is 0 Å². The van der Waals surface area contributed by atoms with Gasteiger partial charge in [-0.05, 0) is 88.0 Å². The SMILES string of the molecule is Cc1cc(C)nc(-c2c(-c3ccccc3)cc(-c3c4ccccc4cc4ccccc34)cc2-c2nc(-c3ccccc3)cc(-c3ccccc3)n2)n1. The van der Waals surface area contributed by atoms with Crippen LogP contribution in [0.2, 0.25) is 0 Å². The quantitative estimate of drug-likeness (QED) is 0.166. The summed E-state index contributed by atoms with van der Waals surface area (Å²) < 4.78 is 0. The third kappa shape index (κ3) is 5.80. The molecule has 0 aliphatic rings. The summed E-state index contributed by atoms with van der Waals surface area (Å²) in [7, 11) is 0. The van der Waals surface area contributed by atoms with E-state index in [1.54, 1.807) is 0 Å². The fourth-order valence-corrected chi connectivity index (χ4v) is 7.29. The molecule has 52 heavy (non-hydrogen) atoms. The minimum absolute atomic E-state index is 0.613. The molecule has 0 aliphatic heterocycles. The molecule has 7 aromatic carbocycles. The van der Waals surface area contributed by atoms with Gasteiger partial charge in [0.15, 0.2) is 11.6 Å². The molecule has 0 saturated heterocycles. The Morgan fingerprint density at radius 2 is 0.788 bits per heavy atom. The Bertz CT molecular complexity index is 2610. The zero-order chi connectivity index (χ0) is 35.0. The third-order valence-corrected chi connectivity index (χ3v) is 9.60. The monoisotopic (exact) mass is 666 g/mol. The van der Waals surface area contributed by atoms with Gasteiger partial charge in [0.05, 0.1) is 11.4 Å². The fourth-order valence-electron chi connectivity index (χ4n) is 7.29. The van der Waals surface area contributed by atoms with Gasteiger partial charge in [-0.1, -0.05) is 140 Å². The Kier molecular flexibility index (Phi) is 7.90. The largest absolute Gasteiger partial charge is 0.233 e. The van der Waals surface area contributed by atoms with Gasteiger partial charge < -0.3 is 0 Å². The molecule has 9 aromatic rings. The molecular weight excluding hydrogens is 633 g/mol. The van der Waals surface area contributed by atoms with Gasteiger partial charge in [-0.25, -0.2) is 19.9 Å². The Labute approximate surface area is 303 Å². The maximum atomic E-state index is 5.36. The second-order valence-electron chi connectivity index (χ2n) is 13.2. The van der Waals surface area contributed by atoms with Crippen molar-refractivity contribution in [1.29, 1.82) is 0 Å². The van der Waals surface area contributed by atoms with E-state index in [0.29, 0.717) is 11.6 Å². The highest BCUT2D eigenvalue weighted by Gasteiger charge is 2.24. The highest BCUT2D eigenvalue weighted by molar-refractivity contribution is 6.14. The highest BCUT2D eigenvalue weighted by atomic mass is 14.9. The lowest BCUT2D eigenvalue weighted by atomic mass is 9.86. The van der Waals surface area contributed by atoms with Crippen LogP contribution in [0.25, 0.3) is 89.1 Å². The summed E-state index contributed by atoms with van der Waals surface area (Å²) in [5.41, 5.74) is 11.6. The van der Waals surface area contributed by atoms with Gasteiger partial charge in [0.25, 0.3) is 0 Å². The molecule has 0 fully saturated rings. The summed E-state index contributed by atoms with van der Waals surface area (Å²) in [6, 6.07) is 59.4. The lowest BCUT2D eigenvalue weighted by Gasteiger charge is -2.20. The molecule has 0 bridgehead atoms. The molecule has 4 heteroatoms. The molecule has 0 saturated carbocycles. The summed E-state index contributed by atoms with van der Waals surface area (Å²) in [6.07, 6.45) is 0. The predicted molar refractivity (Wildman–Crippen MR) is 215 cm³/mol. The number of benzene rings is 7. The normalized spacial score (nSPS) is 11.3. The lowest BCUT2D eigenvalue weighted by Crippen LogP contribution is -2.03. The van der Waals surface area contributed by atoms with Crippen molar-refractivity contribution in [2.75, 3.05) is 0 Å². The highest BCUT2D eigenvalue weighted by Crippen LogP contribution is 2.45. The summed E-state index contributed by atoms with van der Waals surface area (Å²) in [5, 5.41) is 4.75. The van der Waals surface area contributed by atoms with Crippen LogP contribution < -0.4 is 0 Å². The Morgan fingerprint density at radius 1 is 0.327 bits per heavy atom. The maximum absolute atomic E-state index is 5.36. The van der Waals surface area contributed by atoms with Crippen molar-refractivity contribution < 1.29 is 0 Å². The van der Waals surface area contributed by atoms with Crippen molar-refractivity contribution in [2.24, 2.45) is 0 Å². The topological polar surface area (TPSA) is 51.6 Å². The number of rotatable bonds is 6. The van der Waals surface area contributed by atoms with Crippen LogP contribution in [0.15, 0.2) is 170 Å². The molecule has 246 valence electrons. The van der Waals surface area contributed by atoms with Gasteiger partial charge in [-0.3, -0.25) is 0 Å². The van der Waals surface area contributed by atoms with Gasteiger partial charge in [-0.15, -0.1) is 0 Å². The first-order valence-corrected chi connectivity index (χ1v) is 17.6. The van der Waals surface area contributed by atoms with Gasteiger partial charge in [0, 0.05) is 33.6 Å². The number of aromatic nitrogens is 4. The third-order valence-electron chi connectivity index (χ3n) is 9.60. The van der Waals surface area contributed by atoms with E-state index in [2.05, 4.69) is 127 Å². The maximum Gasteiger partial charge on any atom is 0.161 e. The number of nitrogens with zero attached hydrogens (tertiary/aromatic N) is 4. The van der Waals surface area contributed by atoms with Crippen LogP contribution in [0.3, 0.4) is 0 Å². The average Bonchev–Trinajstić information content (AvgIpc) is 3.20.